The summed E-state index contributed by atoms with van der Waals surface area (Å²) < 4.78 is 11.1. The van der Waals surface area contributed by atoms with E-state index in [1.807, 2.05) is 30.3 Å². The number of ether oxygens (including phenoxy) is 2. The minimum absolute atomic E-state index is 0.0368. The Labute approximate surface area is 174 Å². The molecule has 0 heterocycles. The van der Waals surface area contributed by atoms with Gasteiger partial charge in [0.15, 0.2) is 5.78 Å². The van der Waals surface area contributed by atoms with Crippen LogP contribution in [-0.2, 0) is 4.79 Å². The zero-order chi connectivity index (χ0) is 20.8. The summed E-state index contributed by atoms with van der Waals surface area (Å²) in [7, 11) is 1.52. The van der Waals surface area contributed by atoms with Gasteiger partial charge in [-0.05, 0) is 49.4 Å². The van der Waals surface area contributed by atoms with E-state index < -0.39 is 6.10 Å². The fourth-order valence-corrected chi connectivity index (χ4v) is 3.01. The SMILES string of the molecule is COc1ccc(NC(=O)[C@H](Oc2ccc(C(C)=O)cc2)c2ccccc2)cc1Cl. The summed E-state index contributed by atoms with van der Waals surface area (Å²) >= 11 is 6.14. The van der Waals surface area contributed by atoms with Crippen molar-refractivity contribution in [3.63, 3.8) is 0 Å². The Kier molecular flexibility index (Phi) is 6.52. The first-order chi connectivity index (χ1) is 14.0. The molecule has 3 aromatic carbocycles. The third kappa shape index (κ3) is 5.15. The maximum absolute atomic E-state index is 13.0. The van der Waals surface area contributed by atoms with Crippen LogP contribution in [0, 0.1) is 0 Å². The van der Waals surface area contributed by atoms with Crippen LogP contribution in [-0.4, -0.2) is 18.8 Å². The van der Waals surface area contributed by atoms with E-state index in [1.165, 1.54) is 14.0 Å². The van der Waals surface area contributed by atoms with Gasteiger partial charge in [-0.25, -0.2) is 0 Å². The van der Waals surface area contributed by atoms with Crippen molar-refractivity contribution >= 4 is 29.0 Å². The number of carbonyl (C=O) groups is 2. The Morgan fingerprint density at radius 2 is 1.66 bits per heavy atom. The molecule has 1 amide bonds. The molecule has 1 N–H and O–H groups in total. The van der Waals surface area contributed by atoms with Crippen molar-refractivity contribution in [1.82, 2.24) is 0 Å². The highest BCUT2D eigenvalue weighted by atomic mass is 35.5. The quantitative estimate of drug-likeness (QED) is 0.537. The summed E-state index contributed by atoms with van der Waals surface area (Å²) in [6, 6.07) is 20.8. The molecular weight excluding hydrogens is 390 g/mol. The molecule has 148 valence electrons. The number of amides is 1. The molecule has 0 fully saturated rings. The summed E-state index contributed by atoms with van der Waals surface area (Å²) in [4.78, 5) is 24.5. The third-order valence-corrected chi connectivity index (χ3v) is 4.57. The molecule has 0 saturated carbocycles. The van der Waals surface area contributed by atoms with E-state index in [0.717, 1.165) is 0 Å². The van der Waals surface area contributed by atoms with Gasteiger partial charge < -0.3 is 14.8 Å². The molecule has 1 atom stereocenters. The van der Waals surface area contributed by atoms with Crippen LogP contribution in [0.1, 0.15) is 28.9 Å². The second-order valence-corrected chi connectivity index (χ2v) is 6.73. The lowest BCUT2D eigenvalue weighted by molar-refractivity contribution is -0.123. The van der Waals surface area contributed by atoms with E-state index in [9.17, 15) is 9.59 Å². The lowest BCUT2D eigenvalue weighted by atomic mass is 10.1. The Bertz CT molecular complexity index is 1000. The number of Topliss-reactive ketones (excluding diaryl/α,β-unsaturated/α-hetero) is 1. The molecule has 5 nitrogen and oxygen atoms in total. The average Bonchev–Trinajstić information content (AvgIpc) is 2.73. The molecule has 0 saturated heterocycles. The molecule has 0 bridgehead atoms. The monoisotopic (exact) mass is 409 g/mol. The Hall–Kier alpha value is -3.31. The van der Waals surface area contributed by atoms with Gasteiger partial charge in [0.25, 0.3) is 5.91 Å². The van der Waals surface area contributed by atoms with Gasteiger partial charge in [0, 0.05) is 16.8 Å². The van der Waals surface area contributed by atoms with E-state index in [2.05, 4.69) is 5.32 Å². The lowest BCUT2D eigenvalue weighted by Gasteiger charge is -2.19. The molecule has 29 heavy (non-hydrogen) atoms. The number of methoxy groups -OCH3 is 1. The van der Waals surface area contributed by atoms with Gasteiger partial charge in [-0.3, -0.25) is 9.59 Å². The smallest absolute Gasteiger partial charge is 0.270 e. The molecule has 0 radical (unpaired) electrons. The predicted molar refractivity (Wildman–Crippen MR) is 113 cm³/mol. The predicted octanol–water partition coefficient (Wildman–Crippen LogP) is 5.31. The molecular formula is C23H20ClNO4. The Balaban J connectivity index is 1.84. The summed E-state index contributed by atoms with van der Waals surface area (Å²) in [6.45, 7) is 1.50. The molecule has 0 aliphatic rings. The highest BCUT2D eigenvalue weighted by molar-refractivity contribution is 6.32. The fourth-order valence-electron chi connectivity index (χ4n) is 2.76. The minimum Gasteiger partial charge on any atom is -0.495 e. The molecule has 3 aromatic rings. The molecule has 0 unspecified atom stereocenters. The molecule has 3 rings (SSSR count). The van der Waals surface area contributed by atoms with Gasteiger partial charge in [0.1, 0.15) is 11.5 Å². The van der Waals surface area contributed by atoms with Crippen molar-refractivity contribution in [1.29, 1.82) is 0 Å². The van der Waals surface area contributed by atoms with E-state index >= 15 is 0 Å². The number of carbonyl (C=O) groups excluding carboxylic acids is 2. The summed E-state index contributed by atoms with van der Waals surface area (Å²) in [5.41, 5.74) is 1.79. The Morgan fingerprint density at radius 3 is 2.24 bits per heavy atom. The molecule has 6 heteroatoms. The van der Waals surface area contributed by atoms with Crippen molar-refractivity contribution in [3.05, 3.63) is 88.9 Å². The number of anilines is 1. The van der Waals surface area contributed by atoms with Gasteiger partial charge >= 0.3 is 0 Å². The highest BCUT2D eigenvalue weighted by Gasteiger charge is 2.23. The summed E-state index contributed by atoms with van der Waals surface area (Å²) in [5.74, 6) is 0.608. The number of rotatable bonds is 7. The second-order valence-electron chi connectivity index (χ2n) is 6.33. The fraction of sp³-hybridized carbons (Fsp3) is 0.130. The maximum atomic E-state index is 13.0. The first-order valence-electron chi connectivity index (χ1n) is 8.95. The average molecular weight is 410 g/mol. The highest BCUT2D eigenvalue weighted by Crippen LogP contribution is 2.29. The van der Waals surface area contributed by atoms with Crippen molar-refractivity contribution < 1.29 is 19.1 Å². The van der Waals surface area contributed by atoms with Crippen LogP contribution in [0.5, 0.6) is 11.5 Å². The summed E-state index contributed by atoms with van der Waals surface area (Å²) in [5, 5.41) is 3.22. The van der Waals surface area contributed by atoms with Crippen molar-refractivity contribution in [2.45, 2.75) is 13.0 Å². The number of hydrogen-bond donors (Lipinski definition) is 1. The number of hydrogen-bond acceptors (Lipinski definition) is 4. The maximum Gasteiger partial charge on any atom is 0.270 e. The standard InChI is InChI=1S/C23H20ClNO4/c1-15(26)16-8-11-19(12-9-16)29-22(17-6-4-3-5-7-17)23(27)25-18-10-13-21(28-2)20(24)14-18/h3-14,22H,1-2H3,(H,25,27)/t22-/m1/s1. The lowest BCUT2D eigenvalue weighted by Crippen LogP contribution is -2.25. The van der Waals surface area contributed by atoms with Gasteiger partial charge in [0.05, 0.1) is 12.1 Å². The van der Waals surface area contributed by atoms with Gasteiger partial charge in [-0.2, -0.15) is 0 Å². The van der Waals surface area contributed by atoms with E-state index in [4.69, 9.17) is 21.1 Å². The van der Waals surface area contributed by atoms with Crippen LogP contribution in [0.15, 0.2) is 72.8 Å². The van der Waals surface area contributed by atoms with Gasteiger partial charge in [0.2, 0.25) is 6.10 Å². The minimum atomic E-state index is -0.889. The molecule has 0 spiro atoms. The Morgan fingerprint density at radius 1 is 0.966 bits per heavy atom. The van der Waals surface area contributed by atoms with Crippen LogP contribution < -0.4 is 14.8 Å². The molecule has 0 aliphatic heterocycles. The second kappa shape index (κ2) is 9.26. The van der Waals surface area contributed by atoms with Crippen LogP contribution in [0.2, 0.25) is 5.02 Å². The first kappa shape index (κ1) is 20.4. The van der Waals surface area contributed by atoms with Gasteiger partial charge in [-0.15, -0.1) is 0 Å². The number of nitrogens with one attached hydrogen (secondary N) is 1. The van der Waals surface area contributed by atoms with Crippen molar-refractivity contribution in [2.75, 3.05) is 12.4 Å². The van der Waals surface area contributed by atoms with Crippen molar-refractivity contribution in [3.8, 4) is 11.5 Å². The molecule has 0 aromatic heterocycles. The van der Waals surface area contributed by atoms with Gasteiger partial charge in [-0.1, -0.05) is 41.9 Å². The summed E-state index contributed by atoms with van der Waals surface area (Å²) in [6.07, 6.45) is -0.889. The van der Waals surface area contributed by atoms with Crippen LogP contribution in [0.25, 0.3) is 0 Å². The van der Waals surface area contributed by atoms with Crippen molar-refractivity contribution in [2.24, 2.45) is 0 Å². The topological polar surface area (TPSA) is 64.6 Å². The van der Waals surface area contributed by atoms with E-state index in [-0.39, 0.29) is 11.7 Å². The number of benzene rings is 3. The zero-order valence-corrected chi connectivity index (χ0v) is 16.8. The largest absolute Gasteiger partial charge is 0.495 e. The van der Waals surface area contributed by atoms with E-state index in [1.54, 1.807) is 42.5 Å². The van der Waals surface area contributed by atoms with Crippen LogP contribution in [0.3, 0.4) is 0 Å². The van der Waals surface area contributed by atoms with Crippen LogP contribution >= 0.6 is 11.6 Å². The normalized spacial score (nSPS) is 11.4. The molecule has 0 aliphatic carbocycles. The van der Waals surface area contributed by atoms with Crippen LogP contribution in [0.4, 0.5) is 5.69 Å². The first-order valence-corrected chi connectivity index (χ1v) is 9.32. The van der Waals surface area contributed by atoms with E-state index in [0.29, 0.717) is 33.3 Å². The number of halogens is 1. The number of ketones is 1. The zero-order valence-electron chi connectivity index (χ0n) is 16.0. The third-order valence-electron chi connectivity index (χ3n) is 4.27.